The van der Waals surface area contributed by atoms with Gasteiger partial charge in [-0.1, -0.05) is 101 Å². The number of nitrogens with one attached hydrogen (secondary N) is 1. The zero-order valence-corrected chi connectivity index (χ0v) is 23.4. The summed E-state index contributed by atoms with van der Waals surface area (Å²) in [6.07, 6.45) is 6.54. The third-order valence-corrected chi connectivity index (χ3v) is 14.2. The second kappa shape index (κ2) is 10.7. The van der Waals surface area contributed by atoms with Gasteiger partial charge in [0.15, 0.2) is 0 Å². The first-order valence-electron chi connectivity index (χ1n) is 12.7. The van der Waals surface area contributed by atoms with Crippen LogP contribution in [-0.2, 0) is 0 Å². The molecule has 1 fully saturated rings. The van der Waals surface area contributed by atoms with Gasteiger partial charge in [-0.2, -0.15) is 0 Å². The van der Waals surface area contributed by atoms with Crippen LogP contribution in [0, 0.1) is 0 Å². The molecule has 0 bridgehead atoms. The molecule has 0 aromatic heterocycles. The number of rotatable bonds is 7. The monoisotopic (exact) mass is 489 g/mol. The standard InChI is InChI=1S/C30H40NOPSi/c1-30(2,3)34(4,5)32-25-21-22-28(31-24-15-9-6-10-16-24)29(23-25)33(26-17-11-7-12-18-26)27-19-13-8-14-20-27/h7-8,11-14,17-24,31H,6,9-10,15-16H2,1-5H3. The van der Waals surface area contributed by atoms with Crippen LogP contribution < -0.4 is 25.7 Å². The van der Waals surface area contributed by atoms with E-state index in [1.54, 1.807) is 0 Å². The second-order valence-corrected chi connectivity index (χ2v) is 17.9. The summed E-state index contributed by atoms with van der Waals surface area (Å²) < 4.78 is 6.80. The normalized spacial score (nSPS) is 15.4. The molecule has 1 aliphatic rings. The van der Waals surface area contributed by atoms with E-state index in [0.717, 1.165) is 5.75 Å². The molecule has 0 spiro atoms. The Morgan fingerprint density at radius 2 is 1.35 bits per heavy atom. The van der Waals surface area contributed by atoms with Gasteiger partial charge < -0.3 is 9.74 Å². The fourth-order valence-electron chi connectivity index (χ4n) is 4.38. The van der Waals surface area contributed by atoms with Gasteiger partial charge in [0.1, 0.15) is 5.75 Å². The van der Waals surface area contributed by atoms with Gasteiger partial charge in [0.25, 0.3) is 0 Å². The fourth-order valence-corrected chi connectivity index (χ4v) is 7.83. The number of hydrogen-bond donors (Lipinski definition) is 1. The van der Waals surface area contributed by atoms with Crippen molar-refractivity contribution in [2.24, 2.45) is 0 Å². The number of benzene rings is 3. The van der Waals surface area contributed by atoms with E-state index in [1.807, 2.05) is 0 Å². The van der Waals surface area contributed by atoms with Crippen molar-refractivity contribution in [3.05, 3.63) is 78.9 Å². The molecule has 0 aliphatic heterocycles. The maximum absolute atomic E-state index is 6.80. The molecule has 4 rings (SSSR count). The zero-order chi connectivity index (χ0) is 24.2. The predicted molar refractivity (Wildman–Crippen MR) is 153 cm³/mol. The molecule has 0 amide bonds. The van der Waals surface area contributed by atoms with Crippen LogP contribution in [0.1, 0.15) is 52.9 Å². The Labute approximate surface area is 209 Å². The molecule has 0 atom stereocenters. The Kier molecular flexibility index (Phi) is 7.85. The van der Waals surface area contributed by atoms with Crippen LogP contribution in [-0.4, -0.2) is 14.4 Å². The summed E-state index contributed by atoms with van der Waals surface area (Å²) in [6.45, 7) is 11.6. The van der Waals surface area contributed by atoms with Gasteiger partial charge in [-0.25, -0.2) is 0 Å². The molecule has 1 aliphatic carbocycles. The quantitative estimate of drug-likeness (QED) is 0.273. The molecule has 0 unspecified atom stereocenters. The molecule has 0 radical (unpaired) electrons. The molecule has 0 saturated heterocycles. The SMILES string of the molecule is CC(C)(C)[Si](C)(C)Oc1ccc(NC2CCCCC2)c(P(c2ccccc2)c2ccccc2)c1. The minimum atomic E-state index is -1.94. The summed E-state index contributed by atoms with van der Waals surface area (Å²) in [5.74, 6) is 1.01. The Hall–Kier alpha value is -2.09. The smallest absolute Gasteiger partial charge is 0.250 e. The van der Waals surface area contributed by atoms with E-state index >= 15 is 0 Å². The minimum absolute atomic E-state index is 0.162. The van der Waals surface area contributed by atoms with Gasteiger partial charge in [-0.3, -0.25) is 0 Å². The van der Waals surface area contributed by atoms with Gasteiger partial charge in [-0.15, -0.1) is 0 Å². The highest BCUT2D eigenvalue weighted by atomic mass is 31.1. The van der Waals surface area contributed by atoms with Crippen molar-refractivity contribution >= 4 is 37.8 Å². The lowest BCUT2D eigenvalue weighted by Gasteiger charge is -2.37. The zero-order valence-electron chi connectivity index (χ0n) is 21.5. The topological polar surface area (TPSA) is 21.3 Å². The van der Waals surface area contributed by atoms with E-state index in [-0.39, 0.29) is 5.04 Å². The molecule has 34 heavy (non-hydrogen) atoms. The highest BCUT2D eigenvalue weighted by Crippen LogP contribution is 2.41. The van der Waals surface area contributed by atoms with Crippen LogP contribution >= 0.6 is 7.92 Å². The first-order valence-corrected chi connectivity index (χ1v) is 17.0. The van der Waals surface area contributed by atoms with Crippen molar-refractivity contribution < 1.29 is 4.43 Å². The molecule has 2 nitrogen and oxygen atoms in total. The summed E-state index contributed by atoms with van der Waals surface area (Å²) in [6, 6.07) is 29.4. The summed E-state index contributed by atoms with van der Waals surface area (Å²) >= 11 is 0. The second-order valence-electron chi connectivity index (χ2n) is 11.0. The van der Waals surface area contributed by atoms with Crippen LogP contribution in [0.25, 0.3) is 0 Å². The third-order valence-electron chi connectivity index (χ3n) is 7.38. The molecular weight excluding hydrogens is 449 g/mol. The van der Waals surface area contributed by atoms with Gasteiger partial charge in [-0.05, 0) is 67.7 Å². The number of hydrogen-bond acceptors (Lipinski definition) is 2. The average molecular weight is 490 g/mol. The molecule has 1 N–H and O–H groups in total. The van der Waals surface area contributed by atoms with E-state index in [1.165, 1.54) is 53.7 Å². The van der Waals surface area contributed by atoms with Crippen molar-refractivity contribution in [3.63, 3.8) is 0 Å². The van der Waals surface area contributed by atoms with Crippen molar-refractivity contribution in [1.82, 2.24) is 0 Å². The van der Waals surface area contributed by atoms with E-state index in [4.69, 9.17) is 4.43 Å². The van der Waals surface area contributed by atoms with Crippen LogP contribution in [0.4, 0.5) is 5.69 Å². The molecule has 4 heteroatoms. The maximum atomic E-state index is 6.80. The maximum Gasteiger partial charge on any atom is 0.250 e. The van der Waals surface area contributed by atoms with Gasteiger partial charge >= 0.3 is 0 Å². The van der Waals surface area contributed by atoms with Crippen LogP contribution in [0.15, 0.2) is 78.9 Å². The summed E-state index contributed by atoms with van der Waals surface area (Å²) in [5, 5.41) is 8.24. The van der Waals surface area contributed by atoms with Gasteiger partial charge in [0.05, 0.1) is 0 Å². The first kappa shape index (κ1) is 25.0. The van der Waals surface area contributed by atoms with E-state index < -0.39 is 16.2 Å². The fraction of sp³-hybridized carbons (Fsp3) is 0.400. The van der Waals surface area contributed by atoms with E-state index in [9.17, 15) is 0 Å². The Morgan fingerprint density at radius 3 is 1.88 bits per heavy atom. The Morgan fingerprint density at radius 1 is 0.794 bits per heavy atom. The summed E-state index contributed by atoms with van der Waals surface area (Å²) in [5.41, 5.74) is 1.27. The molecule has 0 heterocycles. The molecule has 3 aromatic carbocycles. The molecular formula is C30H40NOPSi. The minimum Gasteiger partial charge on any atom is -0.543 e. The lowest BCUT2D eigenvalue weighted by atomic mass is 9.95. The predicted octanol–water partition coefficient (Wildman–Crippen LogP) is 7.57. The van der Waals surface area contributed by atoms with Gasteiger partial charge in [0, 0.05) is 17.0 Å². The molecule has 180 valence electrons. The van der Waals surface area contributed by atoms with Crippen LogP contribution in [0.5, 0.6) is 5.75 Å². The average Bonchev–Trinajstić information content (AvgIpc) is 2.82. The first-order chi connectivity index (χ1) is 16.2. The van der Waals surface area contributed by atoms with Crippen molar-refractivity contribution in [1.29, 1.82) is 0 Å². The van der Waals surface area contributed by atoms with Crippen molar-refractivity contribution in [2.75, 3.05) is 5.32 Å². The lowest BCUT2D eigenvalue weighted by molar-refractivity contribution is 0.463. The Bertz CT molecular complexity index is 1020. The van der Waals surface area contributed by atoms with Crippen LogP contribution in [0.3, 0.4) is 0 Å². The molecule has 3 aromatic rings. The third kappa shape index (κ3) is 5.93. The van der Waals surface area contributed by atoms with E-state index in [0.29, 0.717) is 6.04 Å². The summed E-state index contributed by atoms with van der Waals surface area (Å²) in [4.78, 5) is 0. The van der Waals surface area contributed by atoms with Gasteiger partial charge in [0.2, 0.25) is 8.32 Å². The van der Waals surface area contributed by atoms with Crippen LogP contribution in [0.2, 0.25) is 18.1 Å². The molecule has 1 saturated carbocycles. The highest BCUT2D eigenvalue weighted by Gasteiger charge is 2.39. The Balaban J connectivity index is 1.81. The summed E-state index contributed by atoms with van der Waals surface area (Å²) in [7, 11) is -2.64. The van der Waals surface area contributed by atoms with Crippen molar-refractivity contribution in [3.8, 4) is 5.75 Å². The largest absolute Gasteiger partial charge is 0.543 e. The highest BCUT2D eigenvalue weighted by molar-refractivity contribution is 7.80. The lowest BCUT2D eigenvalue weighted by Crippen LogP contribution is -2.44. The number of anilines is 1. The van der Waals surface area contributed by atoms with Crippen molar-refractivity contribution in [2.45, 2.75) is 77.0 Å². The van der Waals surface area contributed by atoms with E-state index in [2.05, 4.69) is 118 Å².